The van der Waals surface area contributed by atoms with Crippen LogP contribution in [0, 0.1) is 5.41 Å². The van der Waals surface area contributed by atoms with Crippen molar-refractivity contribution in [2.45, 2.75) is 143 Å². The zero-order valence-corrected chi connectivity index (χ0v) is 31.2. The minimum Gasteiger partial charge on any atom is -0.494 e. The van der Waals surface area contributed by atoms with E-state index < -0.39 is 0 Å². The first-order valence-corrected chi connectivity index (χ1v) is 17.7. The highest BCUT2D eigenvalue weighted by atomic mass is 16.5. The molecule has 2 aromatic rings. The third-order valence-corrected chi connectivity index (χ3v) is 9.91. The number of nitrogens with zero attached hydrogens (tertiary/aromatic N) is 2. The van der Waals surface area contributed by atoms with Crippen molar-refractivity contribution >= 4 is 17.4 Å². The number of aromatic nitrogens is 1. The van der Waals surface area contributed by atoms with Gasteiger partial charge in [0.05, 0.1) is 12.3 Å². The van der Waals surface area contributed by atoms with Crippen LogP contribution in [0.25, 0.3) is 0 Å². The number of benzene rings is 1. The minimum absolute atomic E-state index is 0.00615. The molecule has 7 nitrogen and oxygen atoms in total. The van der Waals surface area contributed by atoms with Crippen LogP contribution in [0.3, 0.4) is 0 Å². The minimum atomic E-state index is -0.337. The molecule has 0 aliphatic carbocycles. The lowest BCUT2D eigenvalue weighted by molar-refractivity contribution is -0.119. The van der Waals surface area contributed by atoms with E-state index in [1.165, 1.54) is 5.57 Å². The van der Waals surface area contributed by atoms with Gasteiger partial charge in [0, 0.05) is 54.3 Å². The van der Waals surface area contributed by atoms with Crippen LogP contribution in [0.1, 0.15) is 130 Å². The number of aryl methyl sites for hydroxylation is 1. The third kappa shape index (κ3) is 10.3. The Hall–Kier alpha value is -3.45. The van der Waals surface area contributed by atoms with Crippen molar-refractivity contribution < 1.29 is 19.1 Å². The second kappa shape index (κ2) is 15.0. The Morgan fingerprint density at radius 2 is 1.58 bits per heavy atom. The number of Topliss-reactive ketones (excluding diaryl/α,β-unsaturated/α-hetero) is 1. The summed E-state index contributed by atoms with van der Waals surface area (Å²) in [7, 11) is 2.18. The molecule has 1 atom stereocenters. The maximum atomic E-state index is 12.9. The lowest BCUT2D eigenvalue weighted by Gasteiger charge is -2.57. The van der Waals surface area contributed by atoms with Gasteiger partial charge in [-0.2, -0.15) is 0 Å². The van der Waals surface area contributed by atoms with Gasteiger partial charge in [-0.25, -0.2) is 4.98 Å². The van der Waals surface area contributed by atoms with Crippen LogP contribution in [-0.4, -0.2) is 51.4 Å². The quantitative estimate of drug-likeness (QED) is 0.245. The van der Waals surface area contributed by atoms with Gasteiger partial charge in [-0.3, -0.25) is 14.5 Å². The molecule has 1 aromatic carbocycles. The summed E-state index contributed by atoms with van der Waals surface area (Å²) in [4.78, 5) is 32.4. The number of anilines is 1. The number of ether oxygens (including phenoxy) is 2. The van der Waals surface area contributed by atoms with E-state index in [2.05, 4.69) is 96.7 Å². The number of nitrogens with one attached hydrogen (secondary N) is 1. The fourth-order valence-corrected chi connectivity index (χ4v) is 7.35. The van der Waals surface area contributed by atoms with Gasteiger partial charge in [-0.1, -0.05) is 39.0 Å². The number of pyridine rings is 1. The number of amides is 1. The lowest BCUT2D eigenvalue weighted by Crippen LogP contribution is -2.64. The largest absolute Gasteiger partial charge is 0.494 e. The van der Waals surface area contributed by atoms with Crippen molar-refractivity contribution in [1.29, 1.82) is 0 Å². The Bertz CT molecular complexity index is 1460. The van der Waals surface area contributed by atoms with Crippen molar-refractivity contribution in [2.75, 3.05) is 12.4 Å². The van der Waals surface area contributed by atoms with Gasteiger partial charge in [0.15, 0.2) is 0 Å². The number of carbonyl (C=O) groups excluding carboxylic acids is 2. The third-order valence-electron chi connectivity index (χ3n) is 9.91. The van der Waals surface area contributed by atoms with Crippen LogP contribution in [0.4, 0.5) is 5.69 Å². The van der Waals surface area contributed by atoms with Crippen LogP contribution < -0.4 is 10.1 Å². The topological polar surface area (TPSA) is 80.8 Å². The second-order valence-electron chi connectivity index (χ2n) is 16.6. The number of ketones is 1. The Balaban J connectivity index is 1.19. The fourth-order valence-electron chi connectivity index (χ4n) is 7.35. The SMILES string of the molecule is CC1CC=C(CCCC(=O)CCCc2ccc(NC(=O)c3ccc(OC4(C)CC(C)(C)N(C)C(C)(C)C4)cn3)cc2)C=C(C(C)(C)C)O1. The molecule has 1 N–H and O–H groups in total. The Morgan fingerprint density at radius 3 is 2.17 bits per heavy atom. The van der Waals surface area contributed by atoms with Gasteiger partial charge in [-0.05, 0) is 116 Å². The normalized spacial score (nSPS) is 20.5. The van der Waals surface area contributed by atoms with Crippen LogP contribution in [0.2, 0.25) is 0 Å². The molecule has 2 aliphatic heterocycles. The van der Waals surface area contributed by atoms with Crippen molar-refractivity contribution in [3.63, 3.8) is 0 Å². The first kappa shape index (κ1) is 37.4. The monoisotopic (exact) mass is 657 g/mol. The molecule has 2 aliphatic rings. The first-order chi connectivity index (χ1) is 22.3. The Labute approximate surface area is 289 Å². The number of carbonyl (C=O) groups is 2. The van der Waals surface area contributed by atoms with E-state index in [1.807, 2.05) is 30.3 Å². The van der Waals surface area contributed by atoms with Gasteiger partial charge in [0.1, 0.15) is 28.6 Å². The van der Waals surface area contributed by atoms with E-state index in [-0.39, 0.29) is 34.1 Å². The van der Waals surface area contributed by atoms with Gasteiger partial charge in [0.25, 0.3) is 5.91 Å². The van der Waals surface area contributed by atoms with Crippen molar-refractivity contribution in [1.82, 2.24) is 9.88 Å². The molecule has 1 aromatic heterocycles. The highest BCUT2D eigenvalue weighted by Gasteiger charge is 2.50. The van der Waals surface area contributed by atoms with E-state index in [0.29, 0.717) is 35.8 Å². The maximum absolute atomic E-state index is 12.9. The van der Waals surface area contributed by atoms with Crippen LogP contribution in [-0.2, 0) is 16.0 Å². The van der Waals surface area contributed by atoms with Crippen LogP contribution in [0.5, 0.6) is 5.75 Å². The summed E-state index contributed by atoms with van der Waals surface area (Å²) in [5, 5.41) is 2.94. The number of hydrogen-bond donors (Lipinski definition) is 1. The molecule has 0 saturated carbocycles. The molecule has 4 rings (SSSR count). The van der Waals surface area contributed by atoms with Gasteiger partial charge >= 0.3 is 0 Å². The molecule has 0 bridgehead atoms. The predicted octanol–water partition coefficient (Wildman–Crippen LogP) is 9.48. The summed E-state index contributed by atoms with van der Waals surface area (Å²) in [5.41, 5.74) is 3.09. The molecule has 262 valence electrons. The number of piperidine rings is 1. The molecule has 0 radical (unpaired) electrons. The highest BCUT2D eigenvalue weighted by Crippen LogP contribution is 2.44. The summed E-state index contributed by atoms with van der Waals surface area (Å²) in [5.74, 6) is 1.74. The average molecular weight is 658 g/mol. The second-order valence-corrected chi connectivity index (χ2v) is 16.6. The number of rotatable bonds is 12. The van der Waals surface area contributed by atoms with Gasteiger partial charge in [0.2, 0.25) is 0 Å². The molecule has 48 heavy (non-hydrogen) atoms. The highest BCUT2D eigenvalue weighted by molar-refractivity contribution is 6.02. The standard InChI is InChI=1S/C41H59N3O4/c1-29-17-18-31(25-36(47-29)38(2,3)4)14-12-16-33(45)15-11-13-30-19-21-32(22-20-30)43-37(46)35-24-23-34(26-42-35)48-41(9)27-39(5,6)44(10)40(7,8)28-41/h18-26,29H,11-17,27-28H2,1-10H3,(H,43,46). The molecule has 1 saturated heterocycles. The fraction of sp³-hybridized carbons (Fsp3) is 0.585. The van der Waals surface area contributed by atoms with Crippen molar-refractivity contribution in [2.24, 2.45) is 5.41 Å². The summed E-state index contributed by atoms with van der Waals surface area (Å²) >= 11 is 0. The van der Waals surface area contributed by atoms with Crippen LogP contribution >= 0.6 is 0 Å². The van der Waals surface area contributed by atoms with Crippen molar-refractivity contribution in [3.8, 4) is 5.75 Å². The van der Waals surface area contributed by atoms with E-state index in [9.17, 15) is 9.59 Å². The summed E-state index contributed by atoms with van der Waals surface area (Å²) in [6, 6.07) is 11.4. The van der Waals surface area contributed by atoms with E-state index in [0.717, 1.165) is 56.3 Å². The lowest BCUT2D eigenvalue weighted by atomic mass is 9.72. The summed E-state index contributed by atoms with van der Waals surface area (Å²) < 4.78 is 12.6. The molecule has 0 spiro atoms. The van der Waals surface area contributed by atoms with Gasteiger partial charge in [-0.15, -0.1) is 0 Å². The summed E-state index contributed by atoms with van der Waals surface area (Å²) in [6.07, 6.45) is 13.5. The van der Waals surface area contributed by atoms with Crippen LogP contribution in [0.15, 0.2) is 66.1 Å². The molecular weight excluding hydrogens is 598 g/mol. The maximum Gasteiger partial charge on any atom is 0.274 e. The average Bonchev–Trinajstić information content (AvgIpc) is 3.18. The smallest absolute Gasteiger partial charge is 0.274 e. The van der Waals surface area contributed by atoms with Crippen molar-refractivity contribution in [3.05, 3.63) is 77.3 Å². The van der Waals surface area contributed by atoms with E-state index >= 15 is 0 Å². The zero-order chi connectivity index (χ0) is 35.3. The molecular formula is C41H59N3O4. The first-order valence-electron chi connectivity index (χ1n) is 17.7. The molecule has 3 heterocycles. The zero-order valence-electron chi connectivity index (χ0n) is 31.2. The number of likely N-dealkylation sites (tertiary alicyclic amines) is 1. The molecule has 1 unspecified atom stereocenters. The summed E-state index contributed by atoms with van der Waals surface area (Å²) in [6.45, 7) is 19.8. The molecule has 1 amide bonds. The Morgan fingerprint density at radius 1 is 0.958 bits per heavy atom. The number of allylic oxidation sites excluding steroid dienone is 3. The van der Waals surface area contributed by atoms with E-state index in [4.69, 9.17) is 9.47 Å². The number of hydrogen-bond acceptors (Lipinski definition) is 6. The predicted molar refractivity (Wildman–Crippen MR) is 195 cm³/mol. The van der Waals surface area contributed by atoms with E-state index in [1.54, 1.807) is 12.3 Å². The Kier molecular flexibility index (Phi) is 11.7. The molecule has 7 heteroatoms. The molecule has 1 fully saturated rings. The van der Waals surface area contributed by atoms with Gasteiger partial charge < -0.3 is 14.8 Å².